The molecule has 126 valence electrons. The molecule has 0 aliphatic carbocycles. The Balaban J connectivity index is 2.11. The fourth-order valence-electron chi connectivity index (χ4n) is 2.40. The van der Waals surface area contributed by atoms with E-state index >= 15 is 0 Å². The first-order valence-corrected chi connectivity index (χ1v) is 7.76. The van der Waals surface area contributed by atoms with Gasteiger partial charge < -0.3 is 25.4 Å². The van der Waals surface area contributed by atoms with Gasteiger partial charge >= 0.3 is 6.03 Å². The van der Waals surface area contributed by atoms with Crippen molar-refractivity contribution in [2.75, 3.05) is 18.5 Å². The van der Waals surface area contributed by atoms with Gasteiger partial charge in [0.15, 0.2) is 0 Å². The lowest BCUT2D eigenvalue weighted by Gasteiger charge is -2.26. The van der Waals surface area contributed by atoms with Crippen LogP contribution in [0.3, 0.4) is 0 Å². The van der Waals surface area contributed by atoms with Gasteiger partial charge in [0.25, 0.3) is 0 Å². The maximum Gasteiger partial charge on any atom is 0.319 e. The molecule has 23 heavy (non-hydrogen) atoms. The smallest absolute Gasteiger partial charge is 0.319 e. The predicted molar refractivity (Wildman–Crippen MR) is 91.5 cm³/mol. The average molecular weight is 319 g/mol. The highest BCUT2D eigenvalue weighted by Gasteiger charge is 2.24. The summed E-state index contributed by atoms with van der Waals surface area (Å²) in [7, 11) is 0. The quantitative estimate of drug-likeness (QED) is 0.658. The predicted octanol–water partition coefficient (Wildman–Crippen LogP) is 2.16. The number of aliphatic hydroxyl groups excluding tert-OH is 2. The van der Waals surface area contributed by atoms with Crippen molar-refractivity contribution < 1.29 is 15.0 Å². The summed E-state index contributed by atoms with van der Waals surface area (Å²) in [6.45, 7) is 6.18. The van der Waals surface area contributed by atoms with Gasteiger partial charge in [-0.1, -0.05) is 13.8 Å². The number of nitrogens with zero attached hydrogens (tertiary/aromatic N) is 1. The number of rotatable bonds is 6. The van der Waals surface area contributed by atoms with Gasteiger partial charge in [0.2, 0.25) is 0 Å². The summed E-state index contributed by atoms with van der Waals surface area (Å²) in [4.78, 5) is 12.0. The number of aliphatic hydroxyl groups is 2. The summed E-state index contributed by atoms with van der Waals surface area (Å²) in [5, 5.41) is 24.8. The van der Waals surface area contributed by atoms with Gasteiger partial charge in [-0.05, 0) is 37.1 Å². The van der Waals surface area contributed by atoms with Crippen molar-refractivity contribution in [2.24, 2.45) is 5.92 Å². The summed E-state index contributed by atoms with van der Waals surface area (Å²) in [5.41, 5.74) is 0.741. The highest BCUT2D eigenvalue weighted by atomic mass is 16.3. The molecule has 6 nitrogen and oxygen atoms in total. The van der Waals surface area contributed by atoms with Crippen molar-refractivity contribution in [1.29, 1.82) is 0 Å². The zero-order valence-electron chi connectivity index (χ0n) is 13.8. The maximum absolute atomic E-state index is 12.0. The normalized spacial score (nSPS) is 11.9. The molecule has 1 aromatic carbocycles. The highest BCUT2D eigenvalue weighted by molar-refractivity contribution is 5.93. The van der Waals surface area contributed by atoms with E-state index in [2.05, 4.69) is 29.0 Å². The second kappa shape index (κ2) is 7.02. The molecule has 0 fully saturated rings. The maximum atomic E-state index is 12.0. The molecular formula is C17H25N3O3. The van der Waals surface area contributed by atoms with Crippen LogP contribution in [-0.2, 0) is 6.54 Å². The van der Waals surface area contributed by atoms with E-state index in [1.165, 1.54) is 0 Å². The molecule has 2 amide bonds. The van der Waals surface area contributed by atoms with E-state index < -0.39 is 11.6 Å². The van der Waals surface area contributed by atoms with Crippen LogP contribution in [-0.4, -0.2) is 39.6 Å². The Morgan fingerprint density at radius 1 is 1.26 bits per heavy atom. The fourth-order valence-corrected chi connectivity index (χ4v) is 2.40. The highest BCUT2D eigenvalue weighted by Crippen LogP contribution is 2.21. The topological polar surface area (TPSA) is 86.5 Å². The van der Waals surface area contributed by atoms with Crippen molar-refractivity contribution in [3.63, 3.8) is 0 Å². The van der Waals surface area contributed by atoms with E-state index in [9.17, 15) is 15.0 Å². The summed E-state index contributed by atoms with van der Waals surface area (Å²) < 4.78 is 2.19. The summed E-state index contributed by atoms with van der Waals surface area (Å²) in [6.07, 6.45) is 2.04. The molecule has 0 atom stereocenters. The van der Waals surface area contributed by atoms with Crippen LogP contribution in [0, 0.1) is 5.92 Å². The average Bonchev–Trinajstić information content (AvgIpc) is 2.88. The van der Waals surface area contributed by atoms with E-state index in [4.69, 9.17) is 0 Å². The van der Waals surface area contributed by atoms with Gasteiger partial charge in [0, 0.05) is 29.3 Å². The van der Waals surface area contributed by atoms with Gasteiger partial charge in [-0.15, -0.1) is 0 Å². The first-order valence-electron chi connectivity index (χ1n) is 7.76. The van der Waals surface area contributed by atoms with E-state index in [-0.39, 0.29) is 13.2 Å². The first-order chi connectivity index (χ1) is 10.9. The van der Waals surface area contributed by atoms with Crippen LogP contribution in [0.1, 0.15) is 20.8 Å². The second-order valence-electron chi connectivity index (χ2n) is 6.59. The Hall–Kier alpha value is -2.05. The number of carbonyl (C=O) groups is 1. The Morgan fingerprint density at radius 3 is 2.57 bits per heavy atom. The van der Waals surface area contributed by atoms with Crippen molar-refractivity contribution in [2.45, 2.75) is 32.9 Å². The number of nitrogens with one attached hydrogen (secondary N) is 2. The number of benzene rings is 1. The van der Waals surface area contributed by atoms with Gasteiger partial charge in [-0.2, -0.15) is 0 Å². The zero-order chi connectivity index (χ0) is 17.0. The van der Waals surface area contributed by atoms with Crippen molar-refractivity contribution >= 4 is 22.6 Å². The molecule has 1 heterocycles. The van der Waals surface area contributed by atoms with Crippen LogP contribution < -0.4 is 10.6 Å². The van der Waals surface area contributed by atoms with Gasteiger partial charge in [0.1, 0.15) is 0 Å². The first kappa shape index (κ1) is 17.3. The molecule has 0 unspecified atom stereocenters. The molecule has 4 N–H and O–H groups in total. The van der Waals surface area contributed by atoms with E-state index in [1.54, 1.807) is 6.92 Å². The van der Waals surface area contributed by atoms with Crippen molar-refractivity contribution in [1.82, 2.24) is 9.88 Å². The number of hydrogen-bond acceptors (Lipinski definition) is 3. The number of fused-ring (bicyclic) bond motifs is 1. The van der Waals surface area contributed by atoms with Crippen LogP contribution in [0.25, 0.3) is 10.9 Å². The lowest BCUT2D eigenvalue weighted by atomic mass is 10.1. The fraction of sp³-hybridized carbons (Fsp3) is 0.471. The molecular weight excluding hydrogens is 294 g/mol. The lowest BCUT2D eigenvalue weighted by Crippen LogP contribution is -2.53. The molecule has 0 saturated carbocycles. The molecule has 0 bridgehead atoms. The SMILES string of the molecule is CC(C)Cn1ccc2cc(NC(=O)NC(C)(CO)CO)ccc21. The van der Waals surface area contributed by atoms with Gasteiger partial charge in [0.05, 0.1) is 18.8 Å². The standard InChI is InChI=1S/C17H25N3O3/c1-12(2)9-20-7-6-13-8-14(4-5-15(13)20)18-16(23)19-17(3,10-21)11-22/h4-8,12,21-22H,9-11H2,1-3H3,(H2,18,19,23). The number of anilines is 1. The Kier molecular flexibility index (Phi) is 5.28. The molecule has 2 rings (SSSR count). The van der Waals surface area contributed by atoms with Crippen LogP contribution >= 0.6 is 0 Å². The van der Waals surface area contributed by atoms with Gasteiger partial charge in [-0.25, -0.2) is 4.79 Å². The summed E-state index contributed by atoms with van der Waals surface area (Å²) in [5.74, 6) is 0.559. The largest absolute Gasteiger partial charge is 0.394 e. The Labute approximate surface area is 136 Å². The summed E-state index contributed by atoms with van der Waals surface area (Å²) in [6, 6.07) is 7.28. The number of carbonyl (C=O) groups excluding carboxylic acids is 1. The minimum atomic E-state index is -1.05. The molecule has 1 aromatic heterocycles. The number of amides is 2. The van der Waals surface area contributed by atoms with E-state index in [0.717, 1.165) is 17.4 Å². The monoisotopic (exact) mass is 319 g/mol. The third kappa shape index (κ3) is 4.24. The minimum Gasteiger partial charge on any atom is -0.394 e. The third-order valence-corrected chi connectivity index (χ3v) is 3.70. The number of aromatic nitrogens is 1. The second-order valence-corrected chi connectivity index (χ2v) is 6.59. The lowest BCUT2D eigenvalue weighted by molar-refractivity contribution is 0.111. The van der Waals surface area contributed by atoms with Crippen molar-refractivity contribution in [3.05, 3.63) is 30.5 Å². The van der Waals surface area contributed by atoms with Gasteiger partial charge in [-0.3, -0.25) is 0 Å². The molecule has 6 heteroatoms. The third-order valence-electron chi connectivity index (χ3n) is 3.70. The zero-order valence-corrected chi connectivity index (χ0v) is 13.8. The van der Waals surface area contributed by atoms with E-state index in [1.807, 2.05) is 30.5 Å². The Bertz CT molecular complexity index is 675. The van der Waals surface area contributed by atoms with Crippen LogP contribution in [0.5, 0.6) is 0 Å². The number of hydrogen-bond donors (Lipinski definition) is 4. The van der Waals surface area contributed by atoms with Crippen LogP contribution in [0.2, 0.25) is 0 Å². The molecule has 0 saturated heterocycles. The number of urea groups is 1. The molecule has 0 spiro atoms. The summed E-state index contributed by atoms with van der Waals surface area (Å²) >= 11 is 0. The molecule has 2 aromatic rings. The molecule has 0 aliphatic rings. The van der Waals surface area contributed by atoms with Crippen LogP contribution in [0.4, 0.5) is 10.5 Å². The van der Waals surface area contributed by atoms with Crippen LogP contribution in [0.15, 0.2) is 30.5 Å². The van der Waals surface area contributed by atoms with E-state index in [0.29, 0.717) is 11.6 Å². The minimum absolute atomic E-state index is 0.339. The molecule has 0 radical (unpaired) electrons. The Morgan fingerprint density at radius 2 is 1.96 bits per heavy atom. The molecule has 0 aliphatic heterocycles. The van der Waals surface area contributed by atoms with Crippen molar-refractivity contribution in [3.8, 4) is 0 Å².